The van der Waals surface area contributed by atoms with Crippen LogP contribution in [0, 0.1) is 4.91 Å². The van der Waals surface area contributed by atoms with E-state index in [-0.39, 0.29) is 5.41 Å². The van der Waals surface area contributed by atoms with Crippen LogP contribution in [0.3, 0.4) is 0 Å². The molecule has 0 bridgehead atoms. The average molecular weight is 431 g/mol. The molecular weight excluding hydrogens is 400 g/mol. The smallest absolute Gasteiger partial charge is 0.148 e. The van der Waals surface area contributed by atoms with E-state index in [4.69, 9.17) is 11.5 Å². The average Bonchev–Trinajstić information content (AvgIpc) is 2.78. The predicted molar refractivity (Wildman–Crippen MR) is 132 cm³/mol. The van der Waals surface area contributed by atoms with Gasteiger partial charge in [0.25, 0.3) is 0 Å². The van der Waals surface area contributed by atoms with E-state index in [9.17, 15) is 4.91 Å². The van der Waals surface area contributed by atoms with Crippen LogP contribution >= 0.6 is 0 Å². The van der Waals surface area contributed by atoms with Crippen molar-refractivity contribution in [2.24, 2.45) is 10.9 Å². The third-order valence-electron chi connectivity index (χ3n) is 5.67. The fraction of sp³-hybridized carbons (Fsp3) is 0.280. The molecule has 166 valence electrons. The van der Waals surface area contributed by atoms with Crippen molar-refractivity contribution in [1.29, 1.82) is 0 Å². The number of nitrogens with two attached hydrogens (primary N) is 2. The quantitative estimate of drug-likeness (QED) is 0.340. The van der Waals surface area contributed by atoms with E-state index in [1.165, 1.54) is 0 Å². The van der Waals surface area contributed by atoms with Crippen LogP contribution in [-0.2, 0) is 11.0 Å². The molecule has 1 heterocycles. The van der Waals surface area contributed by atoms with Crippen molar-refractivity contribution in [3.63, 3.8) is 0 Å². The maximum absolute atomic E-state index is 11.1. The molecule has 0 spiro atoms. The van der Waals surface area contributed by atoms with Gasteiger partial charge in [-0.2, -0.15) is 0 Å². The number of hydrogen-bond donors (Lipinski definition) is 3. The molecule has 0 atom stereocenters. The Hall–Kier alpha value is -3.74. The molecule has 3 rings (SSSR count). The monoisotopic (exact) mass is 430 g/mol. The minimum Gasteiger partial charge on any atom is -0.399 e. The third-order valence-corrected chi connectivity index (χ3v) is 5.67. The standard InChI is InChI=1S/C25H30N6O/c1-16(26)20-14-17(6-11-21(20)27)22-12-13-23(30-29-22)28-15-24(2,3)18-7-9-19(10-8-18)25(4,5)31-32/h6-14H,1,15,26-27H2,2-5H3,(H,28,30). The first kappa shape index (κ1) is 22.9. The summed E-state index contributed by atoms with van der Waals surface area (Å²) in [6.07, 6.45) is 0. The largest absolute Gasteiger partial charge is 0.399 e. The molecule has 1 aromatic heterocycles. The van der Waals surface area contributed by atoms with E-state index >= 15 is 0 Å². The highest BCUT2D eigenvalue weighted by Crippen LogP contribution is 2.29. The summed E-state index contributed by atoms with van der Waals surface area (Å²) in [7, 11) is 0. The van der Waals surface area contributed by atoms with Gasteiger partial charge in [0.2, 0.25) is 0 Å². The molecule has 32 heavy (non-hydrogen) atoms. The first-order valence-corrected chi connectivity index (χ1v) is 10.4. The number of nitroso groups, excluding NO2 is 1. The second-order valence-corrected chi connectivity index (χ2v) is 9.10. The zero-order valence-electron chi connectivity index (χ0n) is 19.0. The van der Waals surface area contributed by atoms with Gasteiger partial charge in [0.15, 0.2) is 0 Å². The van der Waals surface area contributed by atoms with Gasteiger partial charge < -0.3 is 16.8 Å². The van der Waals surface area contributed by atoms with Crippen molar-refractivity contribution < 1.29 is 0 Å². The van der Waals surface area contributed by atoms with Gasteiger partial charge in [-0.25, -0.2) is 0 Å². The number of nitrogens with one attached hydrogen (secondary N) is 1. The fourth-order valence-corrected chi connectivity index (χ4v) is 3.37. The minimum atomic E-state index is -0.735. The minimum absolute atomic E-state index is 0.162. The zero-order chi connectivity index (χ0) is 23.5. The lowest BCUT2D eigenvalue weighted by Crippen LogP contribution is -2.28. The lowest BCUT2D eigenvalue weighted by molar-refractivity contribution is 0.542. The molecule has 3 aromatic rings. The molecule has 0 saturated heterocycles. The molecule has 0 aliphatic carbocycles. The molecule has 2 aromatic carbocycles. The van der Waals surface area contributed by atoms with Crippen molar-refractivity contribution in [3.05, 3.63) is 82.8 Å². The van der Waals surface area contributed by atoms with Crippen LogP contribution < -0.4 is 16.8 Å². The molecule has 0 saturated carbocycles. The number of rotatable bonds is 8. The maximum Gasteiger partial charge on any atom is 0.148 e. The van der Waals surface area contributed by atoms with Gasteiger partial charge in [-0.05, 0) is 49.2 Å². The fourth-order valence-electron chi connectivity index (χ4n) is 3.37. The molecule has 0 aliphatic heterocycles. The van der Waals surface area contributed by atoms with Gasteiger partial charge in [-0.1, -0.05) is 55.9 Å². The van der Waals surface area contributed by atoms with Gasteiger partial charge in [-0.3, -0.25) is 0 Å². The summed E-state index contributed by atoms with van der Waals surface area (Å²) in [5.74, 6) is 0.684. The van der Waals surface area contributed by atoms with Gasteiger partial charge in [0, 0.05) is 34.5 Å². The number of nitrogen functional groups attached to an aromatic ring is 1. The van der Waals surface area contributed by atoms with Crippen LogP contribution in [0.2, 0.25) is 0 Å². The molecular formula is C25H30N6O. The lowest BCUT2D eigenvalue weighted by atomic mass is 9.83. The van der Waals surface area contributed by atoms with Crippen LogP contribution in [0.4, 0.5) is 11.5 Å². The summed E-state index contributed by atoms with van der Waals surface area (Å²) in [5.41, 5.74) is 16.2. The molecule has 7 heteroatoms. The summed E-state index contributed by atoms with van der Waals surface area (Å²) < 4.78 is 0. The van der Waals surface area contributed by atoms with E-state index in [0.717, 1.165) is 22.4 Å². The van der Waals surface area contributed by atoms with Crippen LogP contribution in [0.15, 0.2) is 66.4 Å². The molecule has 0 radical (unpaired) electrons. The number of nitrogens with zero attached hydrogens (tertiary/aromatic N) is 3. The molecule has 0 aliphatic rings. The Labute approximate surface area is 188 Å². The molecule has 0 amide bonds. The van der Waals surface area contributed by atoms with E-state index in [1.54, 1.807) is 6.07 Å². The number of aromatic nitrogens is 2. The predicted octanol–water partition coefficient (Wildman–Crippen LogP) is 5.05. The van der Waals surface area contributed by atoms with Gasteiger partial charge in [-0.15, -0.1) is 15.1 Å². The Kier molecular flexibility index (Phi) is 6.30. The number of hydrogen-bond acceptors (Lipinski definition) is 7. The highest BCUT2D eigenvalue weighted by molar-refractivity contribution is 5.77. The highest BCUT2D eigenvalue weighted by atomic mass is 16.3. The number of anilines is 2. The molecule has 0 fully saturated rings. The second kappa shape index (κ2) is 8.78. The third kappa shape index (κ3) is 4.94. The van der Waals surface area contributed by atoms with Gasteiger partial charge in [0.1, 0.15) is 11.4 Å². The van der Waals surface area contributed by atoms with E-state index in [0.29, 0.717) is 29.3 Å². The summed E-state index contributed by atoms with van der Waals surface area (Å²) >= 11 is 0. The Bertz CT molecular complexity index is 1120. The Balaban J connectivity index is 1.70. The van der Waals surface area contributed by atoms with Crippen LogP contribution in [0.1, 0.15) is 44.4 Å². The van der Waals surface area contributed by atoms with Crippen LogP contribution in [0.25, 0.3) is 17.0 Å². The second-order valence-electron chi connectivity index (χ2n) is 9.10. The lowest BCUT2D eigenvalue weighted by Gasteiger charge is -2.27. The Morgan fingerprint density at radius 2 is 1.66 bits per heavy atom. The van der Waals surface area contributed by atoms with Crippen LogP contribution in [-0.4, -0.2) is 16.7 Å². The van der Waals surface area contributed by atoms with Gasteiger partial charge >= 0.3 is 0 Å². The SMILES string of the molecule is C=C(N)c1cc(-c2ccc(NCC(C)(C)c3ccc(C(C)(C)N=O)cc3)nn2)ccc1N. The molecule has 7 nitrogen and oxygen atoms in total. The van der Waals surface area contributed by atoms with Gasteiger partial charge in [0.05, 0.1) is 5.69 Å². The van der Waals surface area contributed by atoms with E-state index in [1.807, 2.05) is 62.4 Å². The highest BCUT2D eigenvalue weighted by Gasteiger charge is 2.24. The molecule has 0 unspecified atom stereocenters. The first-order valence-electron chi connectivity index (χ1n) is 10.4. The summed E-state index contributed by atoms with van der Waals surface area (Å²) in [4.78, 5) is 11.1. The van der Waals surface area contributed by atoms with Crippen molar-refractivity contribution in [1.82, 2.24) is 10.2 Å². The topological polar surface area (TPSA) is 119 Å². The molecule has 5 N–H and O–H groups in total. The van der Waals surface area contributed by atoms with Crippen molar-refractivity contribution in [2.75, 3.05) is 17.6 Å². The van der Waals surface area contributed by atoms with Crippen molar-refractivity contribution in [2.45, 2.75) is 38.6 Å². The Morgan fingerprint density at radius 1 is 1.00 bits per heavy atom. The Morgan fingerprint density at radius 3 is 2.22 bits per heavy atom. The van der Waals surface area contributed by atoms with E-state index in [2.05, 4.69) is 41.1 Å². The normalized spacial score (nSPS) is 11.8. The van der Waals surface area contributed by atoms with Crippen LogP contribution in [0.5, 0.6) is 0 Å². The number of benzene rings is 2. The van der Waals surface area contributed by atoms with Crippen molar-refractivity contribution >= 4 is 17.2 Å². The van der Waals surface area contributed by atoms with E-state index < -0.39 is 5.54 Å². The maximum atomic E-state index is 11.1. The summed E-state index contributed by atoms with van der Waals surface area (Å²) in [6.45, 7) is 12.3. The first-order chi connectivity index (χ1) is 15.0. The zero-order valence-corrected chi connectivity index (χ0v) is 19.0. The van der Waals surface area contributed by atoms with Crippen molar-refractivity contribution in [3.8, 4) is 11.3 Å². The summed E-state index contributed by atoms with van der Waals surface area (Å²) in [6, 6.07) is 17.3. The summed E-state index contributed by atoms with van der Waals surface area (Å²) in [5, 5.41) is 15.2.